The van der Waals surface area contributed by atoms with Crippen molar-refractivity contribution in [2.24, 2.45) is 10.2 Å². The molecular weight excluding hydrogens is 456 g/mol. The summed E-state index contributed by atoms with van der Waals surface area (Å²) in [4.78, 5) is 14.3. The van der Waals surface area contributed by atoms with E-state index in [-0.39, 0.29) is 26.2 Å². The molecule has 0 saturated carbocycles. The Morgan fingerprint density at radius 1 is 0.967 bits per heavy atom. The molecule has 0 fully saturated rings. The fraction of sp³-hybridized carbons (Fsp3) is 0. The molecule has 30 heavy (non-hydrogen) atoms. The quantitative estimate of drug-likeness (QED) is 0.443. The van der Waals surface area contributed by atoms with Crippen LogP contribution in [0.4, 0.5) is 11.4 Å². The SMILES string of the molecule is O=C(O)c1cc(N=Nc2ccc(S(=O)(=O)NS(=O)(=O)c3nccs3)cc2)ccc1O. The van der Waals surface area contributed by atoms with Gasteiger partial charge in [-0.05, 0) is 42.5 Å². The van der Waals surface area contributed by atoms with Crippen molar-refractivity contribution in [2.45, 2.75) is 9.24 Å². The lowest BCUT2D eigenvalue weighted by molar-refractivity contribution is 0.0693. The molecule has 3 N–H and O–H groups in total. The van der Waals surface area contributed by atoms with Crippen molar-refractivity contribution < 1.29 is 31.8 Å². The van der Waals surface area contributed by atoms with Gasteiger partial charge in [0.1, 0.15) is 11.3 Å². The van der Waals surface area contributed by atoms with Crippen molar-refractivity contribution in [1.82, 2.24) is 9.11 Å². The van der Waals surface area contributed by atoms with E-state index in [9.17, 15) is 26.7 Å². The van der Waals surface area contributed by atoms with Crippen LogP contribution in [0.15, 0.2) is 73.5 Å². The molecule has 0 spiro atoms. The van der Waals surface area contributed by atoms with Crippen LogP contribution in [0.3, 0.4) is 0 Å². The molecule has 0 unspecified atom stereocenters. The van der Waals surface area contributed by atoms with E-state index < -0.39 is 31.8 Å². The van der Waals surface area contributed by atoms with Crippen LogP contribution >= 0.6 is 11.3 Å². The van der Waals surface area contributed by atoms with Gasteiger partial charge in [-0.25, -0.2) is 26.6 Å². The Hall–Kier alpha value is -3.20. The maximum atomic E-state index is 12.3. The lowest BCUT2D eigenvalue weighted by atomic mass is 10.2. The summed E-state index contributed by atoms with van der Waals surface area (Å²) in [5.74, 6) is -1.75. The van der Waals surface area contributed by atoms with Gasteiger partial charge in [0.2, 0.25) is 4.34 Å². The Morgan fingerprint density at radius 2 is 1.60 bits per heavy atom. The molecule has 156 valence electrons. The van der Waals surface area contributed by atoms with Crippen LogP contribution in [0.2, 0.25) is 0 Å². The number of thiazole rings is 1. The highest BCUT2D eigenvalue weighted by molar-refractivity contribution is 8.05. The highest BCUT2D eigenvalue weighted by atomic mass is 32.3. The van der Waals surface area contributed by atoms with E-state index in [0.717, 1.165) is 35.6 Å². The molecule has 3 rings (SSSR count). The highest BCUT2D eigenvalue weighted by Gasteiger charge is 2.26. The molecular formula is C16H12N4O7S3. The standard InChI is InChI=1S/C16H12N4O7S3/c21-14-6-3-11(9-13(14)15(22)23)19-18-10-1-4-12(5-2-10)29(24,25)20-30(26,27)16-17-7-8-28-16/h1-9,20-21H,(H,22,23). The molecule has 14 heteroatoms. The third-order valence-corrected chi connectivity index (χ3v) is 8.22. The second-order valence-corrected chi connectivity index (χ2v) is 10.3. The summed E-state index contributed by atoms with van der Waals surface area (Å²) < 4.78 is 50.0. The Kier molecular flexibility index (Phi) is 5.93. The van der Waals surface area contributed by atoms with Gasteiger partial charge in [0.15, 0.2) is 0 Å². The predicted octanol–water partition coefficient (Wildman–Crippen LogP) is 2.63. The Morgan fingerprint density at radius 3 is 2.20 bits per heavy atom. The number of aromatic carboxylic acids is 1. The van der Waals surface area contributed by atoms with Crippen LogP contribution in [-0.2, 0) is 20.0 Å². The number of hydrogen-bond acceptors (Lipinski definition) is 10. The van der Waals surface area contributed by atoms with Crippen molar-refractivity contribution in [3.05, 3.63) is 59.6 Å². The van der Waals surface area contributed by atoms with Crippen LogP contribution in [0.25, 0.3) is 0 Å². The number of hydrogen-bond donors (Lipinski definition) is 3. The maximum absolute atomic E-state index is 12.3. The minimum Gasteiger partial charge on any atom is -0.507 e. The first kappa shape index (κ1) is 21.5. The largest absolute Gasteiger partial charge is 0.507 e. The fourth-order valence-corrected chi connectivity index (χ4v) is 6.00. The van der Waals surface area contributed by atoms with Gasteiger partial charge in [-0.3, -0.25) is 0 Å². The van der Waals surface area contributed by atoms with E-state index in [1.165, 1.54) is 29.8 Å². The molecule has 0 radical (unpaired) electrons. The van der Waals surface area contributed by atoms with E-state index in [1.807, 2.05) is 0 Å². The maximum Gasteiger partial charge on any atom is 0.339 e. The number of nitrogens with zero attached hydrogens (tertiary/aromatic N) is 3. The predicted molar refractivity (Wildman–Crippen MR) is 105 cm³/mol. The fourth-order valence-electron chi connectivity index (χ4n) is 2.14. The number of sulfonamides is 2. The first-order valence-corrected chi connectivity index (χ1v) is 11.7. The van der Waals surface area contributed by atoms with Crippen LogP contribution < -0.4 is 4.13 Å². The van der Waals surface area contributed by atoms with Gasteiger partial charge in [0.25, 0.3) is 20.0 Å². The molecule has 11 nitrogen and oxygen atoms in total. The summed E-state index contributed by atoms with van der Waals surface area (Å²) in [6, 6.07) is 8.45. The van der Waals surface area contributed by atoms with Gasteiger partial charge < -0.3 is 10.2 Å². The van der Waals surface area contributed by atoms with Gasteiger partial charge in [0, 0.05) is 11.6 Å². The number of rotatable bonds is 7. The first-order chi connectivity index (χ1) is 14.1. The summed E-state index contributed by atoms with van der Waals surface area (Å²) >= 11 is 0.770. The van der Waals surface area contributed by atoms with Gasteiger partial charge in [-0.15, -0.1) is 11.3 Å². The molecule has 0 aliphatic heterocycles. The minimum absolute atomic E-state index is 0.151. The van der Waals surface area contributed by atoms with Crippen LogP contribution in [0.5, 0.6) is 5.75 Å². The minimum atomic E-state index is -4.38. The van der Waals surface area contributed by atoms with Crippen LogP contribution in [0, 0.1) is 0 Å². The number of phenols is 1. The summed E-state index contributed by atoms with van der Waals surface area (Å²) in [5, 5.41) is 27.5. The zero-order chi connectivity index (χ0) is 21.9. The number of benzene rings is 2. The molecule has 0 bridgehead atoms. The zero-order valence-corrected chi connectivity index (χ0v) is 17.1. The summed E-state index contributed by atoms with van der Waals surface area (Å²) in [6.45, 7) is 0. The van der Waals surface area contributed by atoms with Gasteiger partial charge in [-0.1, -0.05) is 4.13 Å². The number of carboxylic acids is 1. The third-order valence-electron chi connectivity index (χ3n) is 3.50. The molecule has 0 aliphatic carbocycles. The van der Waals surface area contributed by atoms with Crippen LogP contribution in [-0.4, -0.2) is 38.0 Å². The average molecular weight is 468 g/mol. The van der Waals surface area contributed by atoms with E-state index in [2.05, 4.69) is 15.2 Å². The molecule has 0 aliphatic rings. The lowest BCUT2D eigenvalue weighted by Crippen LogP contribution is -2.30. The van der Waals surface area contributed by atoms with Crippen molar-refractivity contribution in [2.75, 3.05) is 0 Å². The van der Waals surface area contributed by atoms with Crippen molar-refractivity contribution in [3.8, 4) is 5.75 Å². The van der Waals surface area contributed by atoms with Gasteiger partial charge in [0.05, 0.1) is 16.3 Å². The van der Waals surface area contributed by atoms with Crippen LogP contribution in [0.1, 0.15) is 10.4 Å². The number of aromatic nitrogens is 1. The summed E-state index contributed by atoms with van der Waals surface area (Å²) in [5.41, 5.74) is 0.0280. The molecule has 0 amide bonds. The normalized spacial score (nSPS) is 12.3. The number of nitrogens with one attached hydrogen (secondary N) is 1. The molecule has 1 aromatic heterocycles. The van der Waals surface area contributed by atoms with E-state index in [4.69, 9.17) is 5.11 Å². The van der Waals surface area contributed by atoms with Crippen molar-refractivity contribution >= 4 is 48.7 Å². The zero-order valence-electron chi connectivity index (χ0n) is 14.7. The number of carbonyl (C=O) groups is 1. The average Bonchev–Trinajstić information content (AvgIpc) is 3.22. The highest BCUT2D eigenvalue weighted by Crippen LogP contribution is 2.26. The van der Waals surface area contributed by atoms with E-state index >= 15 is 0 Å². The molecule has 2 aromatic carbocycles. The second-order valence-electron chi connectivity index (χ2n) is 5.59. The Bertz CT molecular complexity index is 1320. The van der Waals surface area contributed by atoms with E-state index in [1.54, 1.807) is 4.13 Å². The van der Waals surface area contributed by atoms with Crippen molar-refractivity contribution in [3.63, 3.8) is 0 Å². The van der Waals surface area contributed by atoms with Crippen molar-refractivity contribution in [1.29, 1.82) is 0 Å². The number of aromatic hydroxyl groups is 1. The second kappa shape index (κ2) is 8.27. The topological polar surface area (TPSA) is 175 Å². The molecule has 0 saturated heterocycles. The van der Waals surface area contributed by atoms with Gasteiger partial charge >= 0.3 is 5.97 Å². The molecule has 0 atom stereocenters. The Balaban J connectivity index is 1.79. The molecule has 1 heterocycles. The first-order valence-electron chi connectivity index (χ1n) is 7.85. The monoisotopic (exact) mass is 468 g/mol. The van der Waals surface area contributed by atoms with E-state index in [0.29, 0.717) is 0 Å². The summed E-state index contributed by atoms with van der Waals surface area (Å²) in [7, 11) is -8.72. The van der Waals surface area contributed by atoms with Gasteiger partial charge in [-0.2, -0.15) is 10.2 Å². The Labute approximate surface area is 174 Å². The lowest BCUT2D eigenvalue weighted by Gasteiger charge is -2.06. The summed E-state index contributed by atoms with van der Waals surface area (Å²) in [6.07, 6.45) is 1.24. The number of carboxylic acid groups (broad SMARTS) is 1. The smallest absolute Gasteiger partial charge is 0.339 e. The number of azo groups is 1. The third kappa shape index (κ3) is 4.85. The molecule has 3 aromatic rings.